The van der Waals surface area contributed by atoms with Crippen molar-refractivity contribution < 1.29 is 4.79 Å². The van der Waals surface area contributed by atoms with Crippen LogP contribution in [0.1, 0.15) is 28.2 Å². The zero-order chi connectivity index (χ0) is 13.2. The fourth-order valence-electron chi connectivity index (χ4n) is 2.51. The van der Waals surface area contributed by atoms with Crippen LogP contribution < -0.4 is 5.32 Å². The number of amides is 1. The van der Waals surface area contributed by atoms with Crippen LogP contribution in [0.2, 0.25) is 0 Å². The SMILES string of the molecule is CNC(=O)C1C=Cc2cc3c(cc21)\C=C/C=C\C=C/3. The Balaban J connectivity index is 2.10. The average molecular weight is 249 g/mol. The minimum Gasteiger partial charge on any atom is -0.358 e. The van der Waals surface area contributed by atoms with E-state index in [0.717, 1.165) is 16.7 Å². The van der Waals surface area contributed by atoms with Gasteiger partial charge in [0.15, 0.2) is 0 Å². The summed E-state index contributed by atoms with van der Waals surface area (Å²) in [5.41, 5.74) is 4.55. The van der Waals surface area contributed by atoms with E-state index in [4.69, 9.17) is 0 Å². The third kappa shape index (κ3) is 2.06. The summed E-state index contributed by atoms with van der Waals surface area (Å²) in [4.78, 5) is 11.9. The molecule has 1 N–H and O–H groups in total. The Bertz CT molecular complexity index is 647. The Morgan fingerprint density at radius 1 is 0.947 bits per heavy atom. The van der Waals surface area contributed by atoms with Crippen LogP contribution in [0.3, 0.4) is 0 Å². The molecule has 3 rings (SSSR count). The number of carbonyl (C=O) groups excluding carboxylic acids is 1. The molecule has 0 radical (unpaired) electrons. The smallest absolute Gasteiger partial charge is 0.231 e. The van der Waals surface area contributed by atoms with Gasteiger partial charge in [-0.05, 0) is 34.4 Å². The maximum absolute atomic E-state index is 11.9. The first kappa shape index (κ1) is 11.7. The molecule has 1 aromatic carbocycles. The summed E-state index contributed by atoms with van der Waals surface area (Å²) < 4.78 is 0. The molecule has 1 atom stereocenters. The second-order valence-electron chi connectivity index (χ2n) is 4.66. The van der Waals surface area contributed by atoms with Gasteiger partial charge in [-0.3, -0.25) is 4.79 Å². The van der Waals surface area contributed by atoms with Gasteiger partial charge in [-0.2, -0.15) is 0 Å². The Morgan fingerprint density at radius 3 is 2.32 bits per heavy atom. The lowest BCUT2D eigenvalue weighted by Crippen LogP contribution is -2.23. The van der Waals surface area contributed by atoms with Crippen molar-refractivity contribution in [3.05, 3.63) is 64.8 Å². The normalized spacial score (nSPS) is 23.7. The van der Waals surface area contributed by atoms with Crippen molar-refractivity contribution in [2.45, 2.75) is 5.92 Å². The highest BCUT2D eigenvalue weighted by molar-refractivity contribution is 5.91. The topological polar surface area (TPSA) is 29.1 Å². The molecule has 2 nitrogen and oxygen atoms in total. The molecule has 0 spiro atoms. The van der Waals surface area contributed by atoms with Gasteiger partial charge in [0.25, 0.3) is 0 Å². The second-order valence-corrected chi connectivity index (χ2v) is 4.66. The zero-order valence-corrected chi connectivity index (χ0v) is 10.8. The van der Waals surface area contributed by atoms with E-state index in [1.54, 1.807) is 7.05 Å². The predicted octanol–water partition coefficient (Wildman–Crippen LogP) is 3.14. The predicted molar refractivity (Wildman–Crippen MR) is 79.5 cm³/mol. The van der Waals surface area contributed by atoms with Gasteiger partial charge in [0.2, 0.25) is 5.91 Å². The fourth-order valence-corrected chi connectivity index (χ4v) is 2.51. The van der Waals surface area contributed by atoms with Crippen LogP contribution in [0.15, 0.2) is 42.5 Å². The fraction of sp³-hybridized carbons (Fsp3) is 0.118. The number of allylic oxidation sites excluding steroid dienone is 4. The Kier molecular flexibility index (Phi) is 2.92. The molecule has 94 valence electrons. The van der Waals surface area contributed by atoms with Crippen LogP contribution in [-0.4, -0.2) is 13.0 Å². The number of nitrogens with one attached hydrogen (secondary N) is 1. The van der Waals surface area contributed by atoms with E-state index in [9.17, 15) is 4.79 Å². The first-order valence-electron chi connectivity index (χ1n) is 6.39. The van der Waals surface area contributed by atoms with Crippen LogP contribution in [0.5, 0.6) is 0 Å². The maximum Gasteiger partial charge on any atom is 0.231 e. The summed E-state index contributed by atoms with van der Waals surface area (Å²) in [7, 11) is 1.68. The lowest BCUT2D eigenvalue weighted by molar-refractivity contribution is -0.121. The minimum absolute atomic E-state index is 0.0419. The largest absolute Gasteiger partial charge is 0.358 e. The molecule has 1 aromatic rings. The summed E-state index contributed by atoms with van der Waals surface area (Å²) in [6, 6.07) is 4.26. The quantitative estimate of drug-likeness (QED) is 0.814. The van der Waals surface area contributed by atoms with Crippen LogP contribution in [0.4, 0.5) is 0 Å². The van der Waals surface area contributed by atoms with Crippen molar-refractivity contribution in [2.24, 2.45) is 0 Å². The molecule has 0 aliphatic heterocycles. The van der Waals surface area contributed by atoms with E-state index >= 15 is 0 Å². The first-order chi connectivity index (χ1) is 9.29. The molecule has 2 aliphatic rings. The van der Waals surface area contributed by atoms with Gasteiger partial charge >= 0.3 is 0 Å². The summed E-state index contributed by atoms with van der Waals surface area (Å²) in [5.74, 6) is -0.121. The van der Waals surface area contributed by atoms with E-state index in [1.165, 1.54) is 5.56 Å². The molecular formula is C17H15NO. The number of carbonyl (C=O) groups is 1. The number of hydrogen-bond acceptors (Lipinski definition) is 1. The van der Waals surface area contributed by atoms with Crippen molar-refractivity contribution in [3.8, 4) is 0 Å². The third-order valence-corrected chi connectivity index (χ3v) is 3.51. The lowest BCUT2D eigenvalue weighted by atomic mass is 9.93. The van der Waals surface area contributed by atoms with Gasteiger partial charge in [-0.25, -0.2) is 0 Å². The second kappa shape index (κ2) is 4.73. The Labute approximate surface area is 112 Å². The molecule has 0 fully saturated rings. The molecule has 2 aliphatic carbocycles. The number of rotatable bonds is 1. The Hall–Kier alpha value is -2.35. The molecule has 2 heteroatoms. The molecule has 0 bridgehead atoms. The number of benzene rings is 1. The third-order valence-electron chi connectivity index (χ3n) is 3.51. The van der Waals surface area contributed by atoms with E-state index in [1.807, 2.05) is 36.5 Å². The standard InChI is InChI=1S/C17H15NO/c1-18-17(19)15-9-8-14-10-12-6-4-2-3-5-7-13(12)11-16(14)15/h2-11,15H,1H3,(H,18,19)/b3-2-,4-2?,5-3?,6-4-,7-5-,12-6?,13-7?. The van der Waals surface area contributed by atoms with E-state index in [0.29, 0.717) is 0 Å². The summed E-state index contributed by atoms with van der Waals surface area (Å²) >= 11 is 0. The number of fused-ring (bicyclic) bond motifs is 2. The van der Waals surface area contributed by atoms with E-state index in [2.05, 4.69) is 29.6 Å². The van der Waals surface area contributed by atoms with Gasteiger partial charge in [0, 0.05) is 7.05 Å². The molecule has 19 heavy (non-hydrogen) atoms. The van der Waals surface area contributed by atoms with E-state index in [-0.39, 0.29) is 11.8 Å². The molecule has 0 heterocycles. The summed E-state index contributed by atoms with van der Waals surface area (Å²) in [5, 5.41) is 2.72. The average Bonchev–Trinajstić information content (AvgIpc) is 2.80. The molecule has 0 aromatic heterocycles. The van der Waals surface area contributed by atoms with Crippen molar-refractivity contribution in [1.82, 2.24) is 5.32 Å². The molecule has 1 amide bonds. The number of likely N-dealkylation sites (N-methyl/N-ethyl adjacent to an activating group) is 1. The summed E-state index contributed by atoms with van der Waals surface area (Å²) in [6.07, 6.45) is 16.2. The van der Waals surface area contributed by atoms with E-state index < -0.39 is 0 Å². The summed E-state index contributed by atoms with van der Waals surface area (Å²) in [6.45, 7) is 0. The van der Waals surface area contributed by atoms with Gasteiger partial charge in [0.05, 0.1) is 5.92 Å². The molecule has 1 unspecified atom stereocenters. The first-order valence-corrected chi connectivity index (χ1v) is 6.39. The number of hydrogen-bond donors (Lipinski definition) is 1. The van der Waals surface area contributed by atoms with Crippen LogP contribution in [-0.2, 0) is 4.79 Å². The highest BCUT2D eigenvalue weighted by Gasteiger charge is 2.24. The van der Waals surface area contributed by atoms with Crippen molar-refractivity contribution in [2.75, 3.05) is 7.05 Å². The zero-order valence-electron chi connectivity index (χ0n) is 10.8. The maximum atomic E-state index is 11.9. The molecular weight excluding hydrogens is 234 g/mol. The van der Waals surface area contributed by atoms with Crippen LogP contribution in [0, 0.1) is 0 Å². The van der Waals surface area contributed by atoms with Crippen LogP contribution in [0.25, 0.3) is 18.2 Å². The Morgan fingerprint density at radius 2 is 1.63 bits per heavy atom. The molecule has 0 saturated heterocycles. The highest BCUT2D eigenvalue weighted by Crippen LogP contribution is 2.33. The van der Waals surface area contributed by atoms with Crippen LogP contribution >= 0.6 is 0 Å². The molecule has 0 saturated carbocycles. The lowest BCUT2D eigenvalue weighted by Gasteiger charge is -2.12. The van der Waals surface area contributed by atoms with Gasteiger partial charge in [0.1, 0.15) is 0 Å². The van der Waals surface area contributed by atoms with Crippen molar-refractivity contribution in [1.29, 1.82) is 0 Å². The van der Waals surface area contributed by atoms with Gasteiger partial charge in [-0.1, -0.05) is 48.6 Å². The minimum atomic E-state index is -0.163. The van der Waals surface area contributed by atoms with Crippen molar-refractivity contribution >= 4 is 24.1 Å². The monoisotopic (exact) mass is 249 g/mol. The van der Waals surface area contributed by atoms with Crippen molar-refractivity contribution in [3.63, 3.8) is 0 Å². The van der Waals surface area contributed by atoms with Gasteiger partial charge in [-0.15, -0.1) is 0 Å². The van der Waals surface area contributed by atoms with Gasteiger partial charge < -0.3 is 5.32 Å². The highest BCUT2D eigenvalue weighted by atomic mass is 16.1.